The Kier molecular flexibility index (Phi) is 6.51. The molecule has 0 spiro atoms. The molecule has 0 bridgehead atoms. The Bertz CT molecular complexity index is 969. The maximum Gasteiger partial charge on any atom is 0.251 e. The predicted molar refractivity (Wildman–Crippen MR) is 119 cm³/mol. The molecule has 1 atom stereocenters. The van der Waals surface area contributed by atoms with E-state index in [1.807, 2.05) is 24.8 Å². The molecule has 2 N–H and O–H groups in total. The van der Waals surface area contributed by atoms with Crippen molar-refractivity contribution in [2.45, 2.75) is 58.4 Å². The lowest BCUT2D eigenvalue weighted by Crippen LogP contribution is -2.46. The van der Waals surface area contributed by atoms with Crippen LogP contribution in [0.2, 0.25) is 0 Å². The fraction of sp³-hybridized carbons (Fsp3) is 0.583. The monoisotopic (exact) mass is 424 g/mol. The molecule has 1 aromatic heterocycles. The van der Waals surface area contributed by atoms with Crippen LogP contribution in [-0.4, -0.2) is 57.5 Å². The zero-order chi connectivity index (χ0) is 22.0. The van der Waals surface area contributed by atoms with Crippen LogP contribution < -0.4 is 5.32 Å². The molecule has 2 aromatic rings. The van der Waals surface area contributed by atoms with E-state index >= 15 is 0 Å². The number of amides is 2. The second-order valence-electron chi connectivity index (χ2n) is 9.10. The van der Waals surface area contributed by atoms with Gasteiger partial charge in [-0.2, -0.15) is 0 Å². The molecule has 166 valence electrons. The summed E-state index contributed by atoms with van der Waals surface area (Å²) in [6.45, 7) is 5.48. The van der Waals surface area contributed by atoms with Crippen LogP contribution in [0.4, 0.5) is 0 Å². The number of aliphatic hydroxyl groups excluding tert-OH is 1. The highest BCUT2D eigenvalue weighted by Gasteiger charge is 2.32. The summed E-state index contributed by atoms with van der Waals surface area (Å²) in [6, 6.07) is 5.53. The van der Waals surface area contributed by atoms with Gasteiger partial charge in [0, 0.05) is 37.2 Å². The summed E-state index contributed by atoms with van der Waals surface area (Å²) in [5.41, 5.74) is 3.87. The van der Waals surface area contributed by atoms with Gasteiger partial charge in [0.25, 0.3) is 5.91 Å². The molecule has 31 heavy (non-hydrogen) atoms. The minimum absolute atomic E-state index is 0.0350. The molecular formula is C24H32N4O3. The van der Waals surface area contributed by atoms with Gasteiger partial charge in [-0.1, -0.05) is 0 Å². The SMILES string of the molecule is Cc1nc2ccc(C(=O)NC3CCC(C(=O)N4CCCC(CO)C4)CC3)cc2nc1C. The molecule has 1 aliphatic carbocycles. The Morgan fingerprint density at radius 1 is 1.06 bits per heavy atom. The molecule has 7 heteroatoms. The van der Waals surface area contributed by atoms with Crippen LogP contribution >= 0.6 is 0 Å². The maximum atomic E-state index is 12.9. The van der Waals surface area contributed by atoms with E-state index in [0.29, 0.717) is 12.1 Å². The van der Waals surface area contributed by atoms with Crippen LogP contribution in [0.5, 0.6) is 0 Å². The van der Waals surface area contributed by atoms with E-state index in [4.69, 9.17) is 0 Å². The van der Waals surface area contributed by atoms with Crippen molar-refractivity contribution in [2.75, 3.05) is 19.7 Å². The number of nitrogens with one attached hydrogen (secondary N) is 1. The molecule has 0 radical (unpaired) electrons. The van der Waals surface area contributed by atoms with Crippen molar-refractivity contribution in [3.63, 3.8) is 0 Å². The van der Waals surface area contributed by atoms with Crippen LogP contribution in [0.15, 0.2) is 18.2 Å². The number of piperidine rings is 1. The van der Waals surface area contributed by atoms with Crippen molar-refractivity contribution in [3.05, 3.63) is 35.2 Å². The molecule has 1 unspecified atom stereocenters. The standard InChI is InChI=1S/C24H32N4O3/c1-15-16(2)26-22-12-19(7-10-21(22)25-15)23(30)27-20-8-5-18(6-9-20)24(31)28-11-3-4-17(13-28)14-29/h7,10,12,17-18,20,29H,3-6,8-9,11,13-14H2,1-2H3,(H,27,30). The molecule has 1 aliphatic heterocycles. The maximum absolute atomic E-state index is 12.9. The Morgan fingerprint density at radius 3 is 2.48 bits per heavy atom. The van der Waals surface area contributed by atoms with E-state index in [-0.39, 0.29) is 36.3 Å². The highest BCUT2D eigenvalue weighted by Crippen LogP contribution is 2.28. The molecule has 1 saturated carbocycles. The lowest BCUT2D eigenvalue weighted by Gasteiger charge is -2.36. The smallest absolute Gasteiger partial charge is 0.251 e. The first-order valence-corrected chi connectivity index (χ1v) is 11.4. The zero-order valence-corrected chi connectivity index (χ0v) is 18.4. The molecule has 7 nitrogen and oxygen atoms in total. The summed E-state index contributed by atoms with van der Waals surface area (Å²) >= 11 is 0. The summed E-state index contributed by atoms with van der Waals surface area (Å²) < 4.78 is 0. The second-order valence-corrected chi connectivity index (χ2v) is 9.10. The lowest BCUT2D eigenvalue weighted by atomic mass is 9.84. The van der Waals surface area contributed by atoms with Gasteiger partial charge >= 0.3 is 0 Å². The summed E-state index contributed by atoms with van der Waals surface area (Å²) in [5.74, 6) is 0.376. The average Bonchev–Trinajstić information content (AvgIpc) is 2.79. The number of aromatic nitrogens is 2. The Hall–Kier alpha value is -2.54. The van der Waals surface area contributed by atoms with Gasteiger partial charge in [0.05, 0.1) is 22.4 Å². The van der Waals surface area contributed by atoms with Gasteiger partial charge in [-0.15, -0.1) is 0 Å². The molecule has 2 aliphatic rings. The van der Waals surface area contributed by atoms with Crippen molar-refractivity contribution >= 4 is 22.8 Å². The molecular weight excluding hydrogens is 392 g/mol. The van der Waals surface area contributed by atoms with Crippen molar-refractivity contribution in [3.8, 4) is 0 Å². The molecule has 2 amide bonds. The van der Waals surface area contributed by atoms with Gasteiger partial charge in [0.15, 0.2) is 0 Å². The summed E-state index contributed by atoms with van der Waals surface area (Å²) in [7, 11) is 0. The third-order valence-corrected chi connectivity index (χ3v) is 6.84. The van der Waals surface area contributed by atoms with Gasteiger partial charge in [-0.3, -0.25) is 9.59 Å². The van der Waals surface area contributed by atoms with Crippen LogP contribution in [0.3, 0.4) is 0 Å². The minimum atomic E-state index is -0.0986. The van der Waals surface area contributed by atoms with Gasteiger partial charge in [0.2, 0.25) is 5.91 Å². The number of hydrogen-bond donors (Lipinski definition) is 2. The second kappa shape index (κ2) is 9.30. The van der Waals surface area contributed by atoms with E-state index < -0.39 is 0 Å². The molecule has 1 aromatic carbocycles. The summed E-state index contributed by atoms with van der Waals surface area (Å²) in [5, 5.41) is 12.5. The van der Waals surface area contributed by atoms with Crippen LogP contribution in [-0.2, 0) is 4.79 Å². The van der Waals surface area contributed by atoms with E-state index in [1.165, 1.54) is 0 Å². The van der Waals surface area contributed by atoms with Crippen molar-refractivity contribution in [2.24, 2.45) is 11.8 Å². The van der Waals surface area contributed by atoms with Crippen molar-refractivity contribution < 1.29 is 14.7 Å². The van der Waals surface area contributed by atoms with Gasteiger partial charge < -0.3 is 15.3 Å². The Morgan fingerprint density at radius 2 is 1.77 bits per heavy atom. The highest BCUT2D eigenvalue weighted by molar-refractivity contribution is 5.97. The van der Waals surface area contributed by atoms with Gasteiger partial charge in [-0.25, -0.2) is 9.97 Å². The number of benzene rings is 1. The van der Waals surface area contributed by atoms with Crippen molar-refractivity contribution in [1.82, 2.24) is 20.2 Å². The van der Waals surface area contributed by atoms with E-state index in [1.54, 1.807) is 12.1 Å². The number of aryl methyl sites for hydroxylation is 2. The fourth-order valence-corrected chi connectivity index (χ4v) is 4.80. The normalized spacial score (nSPS) is 24.2. The molecule has 4 rings (SSSR count). The fourth-order valence-electron chi connectivity index (χ4n) is 4.80. The highest BCUT2D eigenvalue weighted by atomic mass is 16.3. The third-order valence-electron chi connectivity index (χ3n) is 6.84. The number of hydrogen-bond acceptors (Lipinski definition) is 5. The molecule has 2 heterocycles. The number of carbonyl (C=O) groups is 2. The largest absolute Gasteiger partial charge is 0.396 e. The molecule has 1 saturated heterocycles. The van der Waals surface area contributed by atoms with E-state index in [9.17, 15) is 14.7 Å². The number of fused-ring (bicyclic) bond motifs is 1. The number of carbonyl (C=O) groups excluding carboxylic acids is 2. The summed E-state index contributed by atoms with van der Waals surface area (Å²) in [6.07, 6.45) is 5.18. The van der Waals surface area contributed by atoms with E-state index in [2.05, 4.69) is 15.3 Å². The van der Waals surface area contributed by atoms with E-state index in [0.717, 1.165) is 67.5 Å². The zero-order valence-electron chi connectivity index (χ0n) is 18.4. The number of rotatable bonds is 4. The number of nitrogens with zero attached hydrogens (tertiary/aromatic N) is 3. The first kappa shape index (κ1) is 21.7. The summed E-state index contributed by atoms with van der Waals surface area (Å²) in [4.78, 5) is 36.7. The number of aliphatic hydroxyl groups is 1. The third kappa shape index (κ3) is 4.87. The van der Waals surface area contributed by atoms with Crippen LogP contribution in [0, 0.1) is 25.7 Å². The first-order chi connectivity index (χ1) is 14.9. The van der Waals surface area contributed by atoms with Gasteiger partial charge in [-0.05, 0) is 76.5 Å². The first-order valence-electron chi connectivity index (χ1n) is 11.4. The quantitative estimate of drug-likeness (QED) is 0.787. The van der Waals surface area contributed by atoms with Gasteiger partial charge in [0.1, 0.15) is 0 Å². The minimum Gasteiger partial charge on any atom is -0.396 e. The number of likely N-dealkylation sites (tertiary alicyclic amines) is 1. The molecule has 2 fully saturated rings. The average molecular weight is 425 g/mol. The predicted octanol–water partition coefficient (Wildman–Crippen LogP) is 2.77. The van der Waals surface area contributed by atoms with Crippen LogP contribution in [0.25, 0.3) is 11.0 Å². The Balaban J connectivity index is 1.32. The van der Waals surface area contributed by atoms with Crippen LogP contribution in [0.1, 0.15) is 60.3 Å². The lowest BCUT2D eigenvalue weighted by molar-refractivity contribution is -0.138. The van der Waals surface area contributed by atoms with Crippen molar-refractivity contribution in [1.29, 1.82) is 0 Å². The Labute approximate surface area is 183 Å². The topological polar surface area (TPSA) is 95.4 Å².